The Kier molecular flexibility index (Phi) is 4.93. The predicted octanol–water partition coefficient (Wildman–Crippen LogP) is 2.88. The highest BCUT2D eigenvalue weighted by molar-refractivity contribution is 5.27. The van der Waals surface area contributed by atoms with Crippen molar-refractivity contribution < 1.29 is 23.0 Å². The van der Waals surface area contributed by atoms with Crippen LogP contribution in [0.2, 0.25) is 0 Å². The van der Waals surface area contributed by atoms with Crippen molar-refractivity contribution in [2.45, 2.75) is 25.7 Å². The van der Waals surface area contributed by atoms with Crippen molar-refractivity contribution in [1.29, 1.82) is 0 Å². The summed E-state index contributed by atoms with van der Waals surface area (Å²) in [6, 6.07) is 9.75. The molecule has 0 aliphatic heterocycles. The number of rotatable bonds is 7. The summed E-state index contributed by atoms with van der Waals surface area (Å²) in [4.78, 5) is 0. The van der Waals surface area contributed by atoms with Gasteiger partial charge in [0, 0.05) is 13.1 Å². The van der Waals surface area contributed by atoms with Crippen LogP contribution in [0.1, 0.15) is 18.2 Å². The molecule has 6 heteroatoms. The fourth-order valence-corrected chi connectivity index (χ4v) is 1.91. The highest BCUT2D eigenvalue weighted by atomic mass is 19.3. The van der Waals surface area contributed by atoms with Crippen LogP contribution in [0.5, 0.6) is 5.75 Å². The van der Waals surface area contributed by atoms with Crippen LogP contribution in [0.25, 0.3) is 0 Å². The van der Waals surface area contributed by atoms with E-state index in [-0.39, 0.29) is 5.75 Å². The average Bonchev–Trinajstić information content (AvgIpc) is 2.95. The molecule has 1 heterocycles. The second-order valence-electron chi connectivity index (χ2n) is 4.88. The highest BCUT2D eigenvalue weighted by Crippen LogP contribution is 2.20. The minimum Gasteiger partial charge on any atom is -0.466 e. The summed E-state index contributed by atoms with van der Waals surface area (Å²) >= 11 is 0. The van der Waals surface area contributed by atoms with Gasteiger partial charge in [0.2, 0.25) is 0 Å². The molecular weight excluding hydrogens is 280 g/mol. The second kappa shape index (κ2) is 6.69. The molecule has 21 heavy (non-hydrogen) atoms. The van der Waals surface area contributed by atoms with Gasteiger partial charge in [-0.3, -0.25) is 0 Å². The number of nitrogens with one attached hydrogen (secondary N) is 1. The van der Waals surface area contributed by atoms with Crippen molar-refractivity contribution in [3.63, 3.8) is 0 Å². The first-order valence-corrected chi connectivity index (χ1v) is 6.48. The average molecular weight is 297 g/mol. The maximum Gasteiger partial charge on any atom is 0.387 e. The van der Waals surface area contributed by atoms with E-state index in [0.717, 1.165) is 5.56 Å². The molecule has 2 aromatic rings. The zero-order chi connectivity index (χ0) is 15.3. The van der Waals surface area contributed by atoms with Crippen molar-refractivity contribution >= 4 is 0 Å². The summed E-state index contributed by atoms with van der Waals surface area (Å²) in [6.07, 6.45) is 1.51. The van der Waals surface area contributed by atoms with Crippen LogP contribution in [0, 0.1) is 0 Å². The molecule has 4 nitrogen and oxygen atoms in total. The Bertz CT molecular complexity index is 539. The standard InChI is InChI=1S/C15H17F2NO3/c1-15(19,13-3-2-8-20-13)10-18-9-11-4-6-12(7-5-11)21-14(16)17/h2-8,14,18-19H,9-10H2,1H3. The van der Waals surface area contributed by atoms with Gasteiger partial charge < -0.3 is 19.6 Å². The Hall–Kier alpha value is -1.92. The van der Waals surface area contributed by atoms with Gasteiger partial charge in [-0.25, -0.2) is 0 Å². The van der Waals surface area contributed by atoms with Crippen LogP contribution >= 0.6 is 0 Å². The Morgan fingerprint density at radius 2 is 2.00 bits per heavy atom. The lowest BCUT2D eigenvalue weighted by molar-refractivity contribution is -0.0498. The summed E-state index contributed by atoms with van der Waals surface area (Å²) in [5.74, 6) is 0.604. The predicted molar refractivity (Wildman–Crippen MR) is 73.1 cm³/mol. The Morgan fingerprint density at radius 1 is 1.29 bits per heavy atom. The molecule has 0 saturated carbocycles. The van der Waals surface area contributed by atoms with Gasteiger partial charge in [-0.15, -0.1) is 0 Å². The molecule has 0 radical (unpaired) electrons. The molecule has 1 atom stereocenters. The number of halogens is 2. The molecule has 1 aromatic heterocycles. The fourth-order valence-electron chi connectivity index (χ4n) is 1.91. The molecule has 0 saturated heterocycles. The summed E-state index contributed by atoms with van der Waals surface area (Å²) in [5, 5.41) is 13.3. The first-order valence-electron chi connectivity index (χ1n) is 6.48. The van der Waals surface area contributed by atoms with Gasteiger partial charge in [-0.05, 0) is 36.8 Å². The minimum absolute atomic E-state index is 0.122. The summed E-state index contributed by atoms with van der Waals surface area (Å²) < 4.78 is 33.5. The lowest BCUT2D eigenvalue weighted by Gasteiger charge is -2.21. The highest BCUT2D eigenvalue weighted by Gasteiger charge is 2.25. The minimum atomic E-state index is -2.82. The number of ether oxygens (including phenoxy) is 1. The van der Waals surface area contributed by atoms with Crippen molar-refractivity contribution in [2.75, 3.05) is 6.54 Å². The van der Waals surface area contributed by atoms with Gasteiger partial charge in [0.1, 0.15) is 17.1 Å². The molecule has 1 unspecified atom stereocenters. The van der Waals surface area contributed by atoms with Crippen LogP contribution in [0.15, 0.2) is 47.1 Å². The lowest BCUT2D eigenvalue weighted by Crippen LogP contribution is -2.34. The molecule has 114 valence electrons. The number of alkyl halides is 2. The molecule has 0 amide bonds. The quantitative estimate of drug-likeness (QED) is 0.825. The van der Waals surface area contributed by atoms with Crippen LogP contribution < -0.4 is 10.1 Å². The molecule has 0 bridgehead atoms. The third-order valence-corrected chi connectivity index (χ3v) is 3.00. The van der Waals surface area contributed by atoms with E-state index >= 15 is 0 Å². The summed E-state index contributed by atoms with van der Waals surface area (Å²) in [7, 11) is 0. The Labute approximate surface area is 121 Å². The maximum absolute atomic E-state index is 12.0. The van der Waals surface area contributed by atoms with E-state index in [9.17, 15) is 13.9 Å². The summed E-state index contributed by atoms with van der Waals surface area (Å²) in [6.45, 7) is -0.377. The number of hydrogen-bond donors (Lipinski definition) is 2. The number of furan rings is 1. The van der Waals surface area contributed by atoms with Crippen molar-refractivity contribution in [3.8, 4) is 5.75 Å². The third-order valence-electron chi connectivity index (χ3n) is 3.00. The third kappa shape index (κ3) is 4.54. The number of benzene rings is 1. The second-order valence-corrected chi connectivity index (χ2v) is 4.88. The van der Waals surface area contributed by atoms with Gasteiger partial charge in [0.25, 0.3) is 0 Å². The van der Waals surface area contributed by atoms with E-state index in [4.69, 9.17) is 4.42 Å². The Morgan fingerprint density at radius 3 is 2.57 bits per heavy atom. The fraction of sp³-hybridized carbons (Fsp3) is 0.333. The van der Waals surface area contributed by atoms with E-state index in [0.29, 0.717) is 18.8 Å². The normalized spacial score (nSPS) is 14.1. The van der Waals surface area contributed by atoms with Gasteiger partial charge >= 0.3 is 6.61 Å². The first-order chi connectivity index (χ1) is 9.97. The lowest BCUT2D eigenvalue weighted by atomic mass is 10.0. The van der Waals surface area contributed by atoms with Crippen molar-refractivity contribution in [2.24, 2.45) is 0 Å². The molecular formula is C15H17F2NO3. The molecule has 0 spiro atoms. The monoisotopic (exact) mass is 297 g/mol. The van der Waals surface area contributed by atoms with Crippen molar-refractivity contribution in [1.82, 2.24) is 5.32 Å². The zero-order valence-electron chi connectivity index (χ0n) is 11.6. The Balaban J connectivity index is 1.83. The number of aliphatic hydroxyl groups is 1. The van der Waals surface area contributed by atoms with Crippen LogP contribution in [-0.2, 0) is 12.1 Å². The van der Waals surface area contributed by atoms with E-state index in [1.807, 2.05) is 0 Å². The molecule has 2 rings (SSSR count). The smallest absolute Gasteiger partial charge is 0.387 e. The van der Waals surface area contributed by atoms with Gasteiger partial charge in [-0.1, -0.05) is 12.1 Å². The zero-order valence-corrected chi connectivity index (χ0v) is 11.6. The number of hydrogen-bond acceptors (Lipinski definition) is 4. The first kappa shape index (κ1) is 15.5. The molecule has 0 fully saturated rings. The van der Waals surface area contributed by atoms with Crippen LogP contribution in [-0.4, -0.2) is 18.3 Å². The molecule has 2 N–H and O–H groups in total. The van der Waals surface area contributed by atoms with Crippen LogP contribution in [0.3, 0.4) is 0 Å². The SMILES string of the molecule is CC(O)(CNCc1ccc(OC(F)F)cc1)c1ccco1. The van der Waals surface area contributed by atoms with Crippen molar-refractivity contribution in [3.05, 3.63) is 54.0 Å². The van der Waals surface area contributed by atoms with E-state index in [1.54, 1.807) is 31.2 Å². The summed E-state index contributed by atoms with van der Waals surface area (Å²) in [5.41, 5.74) is -0.214. The van der Waals surface area contributed by atoms with E-state index < -0.39 is 12.2 Å². The maximum atomic E-state index is 12.0. The van der Waals surface area contributed by atoms with Gasteiger partial charge in [0.15, 0.2) is 0 Å². The molecule has 0 aliphatic carbocycles. The topological polar surface area (TPSA) is 54.6 Å². The van der Waals surface area contributed by atoms with E-state index in [2.05, 4.69) is 10.1 Å². The largest absolute Gasteiger partial charge is 0.466 e. The van der Waals surface area contributed by atoms with E-state index in [1.165, 1.54) is 18.4 Å². The van der Waals surface area contributed by atoms with Gasteiger partial charge in [-0.2, -0.15) is 8.78 Å². The van der Waals surface area contributed by atoms with Crippen LogP contribution in [0.4, 0.5) is 8.78 Å². The molecule has 1 aromatic carbocycles. The van der Waals surface area contributed by atoms with Gasteiger partial charge in [0.05, 0.1) is 6.26 Å². The molecule has 0 aliphatic rings.